The largest absolute Gasteiger partial charge is 0.329 e. The van der Waals surface area contributed by atoms with Crippen molar-refractivity contribution in [3.63, 3.8) is 0 Å². The van der Waals surface area contributed by atoms with E-state index in [9.17, 15) is 0 Å². The number of halogens is 2. The third-order valence-corrected chi connectivity index (χ3v) is 3.75. The lowest BCUT2D eigenvalue weighted by Crippen LogP contribution is -2.33. The highest BCUT2D eigenvalue weighted by molar-refractivity contribution is 9.10. The summed E-state index contributed by atoms with van der Waals surface area (Å²) in [6.07, 6.45) is 0. The second-order valence-corrected chi connectivity index (χ2v) is 4.93. The van der Waals surface area contributed by atoms with Crippen molar-refractivity contribution in [1.82, 2.24) is 4.90 Å². The molecule has 90 valence electrons. The first-order valence-electron chi connectivity index (χ1n) is 5.53. The molecule has 1 aromatic carbocycles. The highest BCUT2D eigenvalue weighted by Crippen LogP contribution is 2.29. The molecule has 1 unspecified atom stereocenters. The number of likely N-dealkylation sites (N-methyl/N-ethyl adjacent to an activating group) is 1. The Morgan fingerprint density at radius 3 is 2.50 bits per heavy atom. The van der Waals surface area contributed by atoms with E-state index in [1.54, 1.807) is 0 Å². The van der Waals surface area contributed by atoms with E-state index in [0.717, 1.165) is 22.6 Å². The molecule has 0 aromatic heterocycles. The Morgan fingerprint density at radius 1 is 1.38 bits per heavy atom. The van der Waals surface area contributed by atoms with Crippen molar-refractivity contribution in [3.05, 3.63) is 33.3 Å². The van der Waals surface area contributed by atoms with E-state index in [-0.39, 0.29) is 6.04 Å². The number of hydrogen-bond donors (Lipinski definition) is 1. The third kappa shape index (κ3) is 3.20. The van der Waals surface area contributed by atoms with Crippen LogP contribution in [0.4, 0.5) is 0 Å². The SMILES string of the molecule is CCN(CC)C(CN)c1cc(Cl)ccc1Br. The first kappa shape index (κ1) is 14.0. The average molecular weight is 306 g/mol. The van der Waals surface area contributed by atoms with Gasteiger partial charge in [-0.2, -0.15) is 0 Å². The molecule has 1 atom stereocenters. The van der Waals surface area contributed by atoms with Gasteiger partial charge >= 0.3 is 0 Å². The Morgan fingerprint density at radius 2 is 2.00 bits per heavy atom. The van der Waals surface area contributed by atoms with Crippen LogP contribution in [0.15, 0.2) is 22.7 Å². The molecule has 0 saturated heterocycles. The predicted molar refractivity (Wildman–Crippen MR) is 73.9 cm³/mol. The third-order valence-electron chi connectivity index (χ3n) is 2.79. The topological polar surface area (TPSA) is 29.3 Å². The lowest BCUT2D eigenvalue weighted by Gasteiger charge is -2.29. The van der Waals surface area contributed by atoms with Crippen LogP contribution < -0.4 is 5.73 Å². The number of benzene rings is 1. The van der Waals surface area contributed by atoms with E-state index >= 15 is 0 Å². The van der Waals surface area contributed by atoms with E-state index in [1.807, 2.05) is 18.2 Å². The predicted octanol–water partition coefficient (Wildman–Crippen LogP) is 3.44. The van der Waals surface area contributed by atoms with Crippen molar-refractivity contribution in [3.8, 4) is 0 Å². The van der Waals surface area contributed by atoms with E-state index < -0.39 is 0 Å². The van der Waals surface area contributed by atoms with E-state index in [4.69, 9.17) is 17.3 Å². The van der Waals surface area contributed by atoms with E-state index in [2.05, 4.69) is 34.7 Å². The molecular formula is C12H18BrClN2. The Balaban J connectivity index is 3.06. The molecule has 0 aliphatic rings. The maximum absolute atomic E-state index is 6.03. The average Bonchev–Trinajstić information content (AvgIpc) is 2.29. The van der Waals surface area contributed by atoms with Gasteiger partial charge < -0.3 is 5.73 Å². The summed E-state index contributed by atoms with van der Waals surface area (Å²) < 4.78 is 1.07. The van der Waals surface area contributed by atoms with Gasteiger partial charge in [0.1, 0.15) is 0 Å². The minimum absolute atomic E-state index is 0.225. The van der Waals surface area contributed by atoms with Crippen molar-refractivity contribution < 1.29 is 0 Å². The summed E-state index contributed by atoms with van der Waals surface area (Å²) in [5.41, 5.74) is 7.04. The van der Waals surface area contributed by atoms with Gasteiger partial charge in [-0.25, -0.2) is 0 Å². The molecule has 1 rings (SSSR count). The molecule has 0 fully saturated rings. The minimum atomic E-state index is 0.225. The zero-order chi connectivity index (χ0) is 12.1. The molecule has 0 aliphatic heterocycles. The molecule has 0 saturated carbocycles. The second-order valence-electron chi connectivity index (χ2n) is 3.64. The van der Waals surface area contributed by atoms with Crippen molar-refractivity contribution in [1.29, 1.82) is 0 Å². The zero-order valence-corrected chi connectivity index (χ0v) is 12.1. The van der Waals surface area contributed by atoms with Crippen LogP contribution in [0.5, 0.6) is 0 Å². The van der Waals surface area contributed by atoms with E-state index in [1.165, 1.54) is 5.56 Å². The molecule has 0 radical (unpaired) electrons. The monoisotopic (exact) mass is 304 g/mol. The van der Waals surface area contributed by atoms with Gasteiger partial charge in [0.15, 0.2) is 0 Å². The smallest absolute Gasteiger partial charge is 0.0481 e. The first-order chi connectivity index (χ1) is 7.63. The highest BCUT2D eigenvalue weighted by atomic mass is 79.9. The van der Waals surface area contributed by atoms with Gasteiger partial charge in [0.2, 0.25) is 0 Å². The van der Waals surface area contributed by atoms with Crippen molar-refractivity contribution in [2.45, 2.75) is 19.9 Å². The lowest BCUT2D eigenvalue weighted by molar-refractivity contribution is 0.223. The summed E-state index contributed by atoms with van der Waals surface area (Å²) in [5, 5.41) is 0.754. The fraction of sp³-hybridized carbons (Fsp3) is 0.500. The molecule has 0 heterocycles. The molecular weight excluding hydrogens is 288 g/mol. The molecule has 4 heteroatoms. The minimum Gasteiger partial charge on any atom is -0.329 e. The van der Waals surface area contributed by atoms with Crippen molar-refractivity contribution in [2.75, 3.05) is 19.6 Å². The number of nitrogens with two attached hydrogens (primary N) is 1. The molecule has 0 bridgehead atoms. The van der Waals surface area contributed by atoms with Gasteiger partial charge in [-0.3, -0.25) is 4.90 Å². The van der Waals surface area contributed by atoms with Crippen LogP contribution in [0.2, 0.25) is 5.02 Å². The summed E-state index contributed by atoms with van der Waals surface area (Å²) in [6.45, 7) is 6.85. The lowest BCUT2D eigenvalue weighted by atomic mass is 10.1. The Labute approximate surface area is 111 Å². The highest BCUT2D eigenvalue weighted by Gasteiger charge is 2.18. The van der Waals surface area contributed by atoms with Gasteiger partial charge in [0.05, 0.1) is 0 Å². The van der Waals surface area contributed by atoms with Crippen LogP contribution in [-0.4, -0.2) is 24.5 Å². The number of nitrogens with zero attached hydrogens (tertiary/aromatic N) is 1. The fourth-order valence-corrected chi connectivity index (χ4v) is 2.60. The summed E-state index contributed by atoms with van der Waals surface area (Å²) in [6, 6.07) is 6.07. The van der Waals surface area contributed by atoms with Crippen LogP contribution in [0.1, 0.15) is 25.5 Å². The maximum atomic E-state index is 6.03. The zero-order valence-electron chi connectivity index (χ0n) is 9.71. The molecule has 0 spiro atoms. The second kappa shape index (κ2) is 6.60. The summed E-state index contributed by atoms with van der Waals surface area (Å²) >= 11 is 9.59. The molecule has 0 aliphatic carbocycles. The maximum Gasteiger partial charge on any atom is 0.0481 e. The molecule has 2 N–H and O–H groups in total. The van der Waals surface area contributed by atoms with Crippen LogP contribution in [0.3, 0.4) is 0 Å². The quantitative estimate of drug-likeness (QED) is 0.903. The van der Waals surface area contributed by atoms with Crippen LogP contribution in [0.25, 0.3) is 0 Å². The van der Waals surface area contributed by atoms with Gasteiger partial charge in [-0.15, -0.1) is 0 Å². The van der Waals surface area contributed by atoms with Gasteiger partial charge in [0.25, 0.3) is 0 Å². The van der Waals surface area contributed by atoms with Gasteiger partial charge in [-0.05, 0) is 36.9 Å². The molecule has 16 heavy (non-hydrogen) atoms. The van der Waals surface area contributed by atoms with Crippen molar-refractivity contribution in [2.24, 2.45) is 5.73 Å². The van der Waals surface area contributed by atoms with E-state index in [0.29, 0.717) is 6.54 Å². The molecule has 1 aromatic rings. The summed E-state index contributed by atoms with van der Waals surface area (Å²) in [7, 11) is 0. The van der Waals surface area contributed by atoms with Gasteiger partial charge in [0, 0.05) is 22.1 Å². The molecule has 2 nitrogen and oxygen atoms in total. The normalized spacial score (nSPS) is 13.1. The standard InChI is InChI=1S/C12H18BrClN2/c1-3-16(4-2)12(8-15)10-7-9(14)5-6-11(10)13/h5-7,12H,3-4,8,15H2,1-2H3. The summed E-state index contributed by atoms with van der Waals surface area (Å²) in [4.78, 5) is 2.33. The van der Waals surface area contributed by atoms with Gasteiger partial charge in [-0.1, -0.05) is 41.4 Å². The van der Waals surface area contributed by atoms with Crippen LogP contribution >= 0.6 is 27.5 Å². The van der Waals surface area contributed by atoms with Crippen molar-refractivity contribution >= 4 is 27.5 Å². The first-order valence-corrected chi connectivity index (χ1v) is 6.70. The van der Waals surface area contributed by atoms with Crippen LogP contribution in [0, 0.1) is 0 Å². The number of hydrogen-bond acceptors (Lipinski definition) is 2. The number of rotatable bonds is 5. The molecule has 0 amide bonds. The van der Waals surface area contributed by atoms with Crippen LogP contribution in [-0.2, 0) is 0 Å². The Kier molecular flexibility index (Phi) is 5.76. The summed E-state index contributed by atoms with van der Waals surface area (Å²) in [5.74, 6) is 0. The fourth-order valence-electron chi connectivity index (χ4n) is 1.91. The Bertz CT molecular complexity index is 340. The Hall–Kier alpha value is -0.0900.